The summed E-state index contributed by atoms with van der Waals surface area (Å²) in [6, 6.07) is 14.5. The molecule has 0 saturated heterocycles. The van der Waals surface area contributed by atoms with Gasteiger partial charge < -0.3 is 9.15 Å². The van der Waals surface area contributed by atoms with Crippen molar-refractivity contribution in [1.29, 1.82) is 0 Å². The van der Waals surface area contributed by atoms with Gasteiger partial charge in [0.2, 0.25) is 5.91 Å². The van der Waals surface area contributed by atoms with Crippen molar-refractivity contribution in [2.45, 2.75) is 6.92 Å². The number of rotatable bonds is 6. The molecule has 0 radical (unpaired) electrons. The summed E-state index contributed by atoms with van der Waals surface area (Å²) in [5.41, 5.74) is 1.49. The summed E-state index contributed by atoms with van der Waals surface area (Å²) in [6.45, 7) is 2.52. The molecular weight excluding hydrogens is 443 g/mol. The number of nitrogens with zero attached hydrogens (tertiary/aromatic N) is 1. The van der Waals surface area contributed by atoms with Gasteiger partial charge in [-0.15, -0.1) is 0 Å². The Labute approximate surface area is 186 Å². The van der Waals surface area contributed by atoms with Gasteiger partial charge in [0.05, 0.1) is 26.9 Å². The van der Waals surface area contributed by atoms with Crippen LogP contribution in [0.5, 0.6) is 5.75 Å². The minimum Gasteiger partial charge on any atom is -0.494 e. The number of nitrogens with one attached hydrogen (secondary N) is 1. The Hall–Kier alpha value is -2.80. The van der Waals surface area contributed by atoms with E-state index in [1.54, 1.807) is 30.3 Å². The SMILES string of the molecule is CCOc1ccc2nc(NC(=O)C=Cc3ccc(-c4cccc(Cl)c4Cl)o3)sc2c1. The van der Waals surface area contributed by atoms with E-state index in [1.807, 2.05) is 31.2 Å². The van der Waals surface area contributed by atoms with E-state index < -0.39 is 0 Å². The van der Waals surface area contributed by atoms with Crippen LogP contribution < -0.4 is 10.1 Å². The van der Waals surface area contributed by atoms with Crippen LogP contribution in [0.3, 0.4) is 0 Å². The third kappa shape index (κ3) is 4.51. The zero-order valence-corrected chi connectivity index (χ0v) is 18.1. The third-order valence-electron chi connectivity index (χ3n) is 4.14. The molecule has 2 aromatic heterocycles. The third-order valence-corrected chi connectivity index (χ3v) is 5.90. The van der Waals surface area contributed by atoms with Crippen molar-refractivity contribution in [3.8, 4) is 17.1 Å². The summed E-state index contributed by atoms with van der Waals surface area (Å²) in [5, 5.41) is 4.15. The molecule has 0 spiro atoms. The first-order valence-corrected chi connectivity index (χ1v) is 10.7. The molecular formula is C22H16Cl2N2O3S. The number of aromatic nitrogens is 1. The van der Waals surface area contributed by atoms with E-state index in [1.165, 1.54) is 17.4 Å². The van der Waals surface area contributed by atoms with Crippen LogP contribution in [0.4, 0.5) is 5.13 Å². The highest BCUT2D eigenvalue weighted by Gasteiger charge is 2.11. The molecule has 0 atom stereocenters. The number of fused-ring (bicyclic) bond motifs is 1. The van der Waals surface area contributed by atoms with Gasteiger partial charge in [0.25, 0.3) is 0 Å². The molecule has 0 fully saturated rings. The number of amides is 1. The van der Waals surface area contributed by atoms with Crippen molar-refractivity contribution in [3.05, 3.63) is 70.4 Å². The van der Waals surface area contributed by atoms with Gasteiger partial charge in [-0.1, -0.05) is 40.6 Å². The monoisotopic (exact) mass is 458 g/mol. The van der Waals surface area contributed by atoms with Crippen LogP contribution in [-0.4, -0.2) is 17.5 Å². The Morgan fingerprint density at radius 3 is 2.93 bits per heavy atom. The number of thiazole rings is 1. The first-order valence-electron chi connectivity index (χ1n) is 9.10. The van der Waals surface area contributed by atoms with Crippen LogP contribution in [0, 0.1) is 0 Å². The molecule has 0 aliphatic heterocycles. The lowest BCUT2D eigenvalue weighted by Gasteiger charge is -2.01. The molecule has 5 nitrogen and oxygen atoms in total. The molecule has 0 unspecified atom stereocenters. The van der Waals surface area contributed by atoms with E-state index in [-0.39, 0.29) is 5.91 Å². The maximum absolute atomic E-state index is 12.3. The van der Waals surface area contributed by atoms with E-state index in [2.05, 4.69) is 10.3 Å². The highest BCUT2D eigenvalue weighted by Crippen LogP contribution is 2.34. The second kappa shape index (κ2) is 8.92. The standard InChI is InChI=1S/C22H16Cl2N2O3S/c1-2-28-14-6-9-17-19(12-14)30-22(25-17)26-20(27)11-8-13-7-10-18(29-13)15-4-3-5-16(23)21(15)24/h3-12H,2H2,1H3,(H,25,26,27). The summed E-state index contributed by atoms with van der Waals surface area (Å²) in [5.74, 6) is 1.55. The Kier molecular flexibility index (Phi) is 6.08. The Morgan fingerprint density at radius 2 is 2.10 bits per heavy atom. The van der Waals surface area contributed by atoms with Crippen molar-refractivity contribution in [1.82, 2.24) is 4.98 Å². The number of hydrogen-bond donors (Lipinski definition) is 1. The second-order valence-corrected chi connectivity index (χ2v) is 8.02. The molecule has 0 aliphatic rings. The van der Waals surface area contributed by atoms with Crippen molar-refractivity contribution < 1.29 is 13.9 Å². The Balaban J connectivity index is 1.45. The summed E-state index contributed by atoms with van der Waals surface area (Å²) in [4.78, 5) is 16.7. The predicted octanol–water partition coefficient (Wildman–Crippen LogP) is 6.91. The lowest BCUT2D eigenvalue weighted by molar-refractivity contribution is -0.111. The van der Waals surface area contributed by atoms with Crippen molar-refractivity contribution in [3.63, 3.8) is 0 Å². The molecule has 8 heteroatoms. The van der Waals surface area contributed by atoms with Gasteiger partial charge >= 0.3 is 0 Å². The Bertz CT molecular complexity index is 1250. The Morgan fingerprint density at radius 1 is 1.23 bits per heavy atom. The molecule has 0 bridgehead atoms. The number of furan rings is 1. The maximum atomic E-state index is 12.3. The van der Waals surface area contributed by atoms with Gasteiger partial charge in [0, 0.05) is 11.6 Å². The summed E-state index contributed by atoms with van der Waals surface area (Å²) in [6.07, 6.45) is 2.97. The fourth-order valence-electron chi connectivity index (χ4n) is 2.80. The molecule has 2 aromatic carbocycles. The number of ether oxygens (including phenoxy) is 1. The zero-order chi connectivity index (χ0) is 21.1. The molecule has 0 aliphatic carbocycles. The summed E-state index contributed by atoms with van der Waals surface area (Å²) < 4.78 is 12.2. The van der Waals surface area contributed by atoms with Gasteiger partial charge in [-0.2, -0.15) is 0 Å². The average molecular weight is 459 g/mol. The minimum absolute atomic E-state index is 0.308. The van der Waals surface area contributed by atoms with E-state index in [4.69, 9.17) is 32.4 Å². The number of hydrogen-bond acceptors (Lipinski definition) is 5. The fourth-order valence-corrected chi connectivity index (χ4v) is 4.09. The number of anilines is 1. The first kappa shape index (κ1) is 20.5. The first-order chi connectivity index (χ1) is 14.5. The van der Waals surface area contributed by atoms with Gasteiger partial charge in [-0.05, 0) is 55.5 Å². The van der Waals surface area contributed by atoms with Crippen molar-refractivity contribution in [2.24, 2.45) is 0 Å². The van der Waals surface area contributed by atoms with Gasteiger partial charge in [-0.3, -0.25) is 10.1 Å². The van der Waals surface area contributed by atoms with Gasteiger partial charge in [0.15, 0.2) is 5.13 Å². The maximum Gasteiger partial charge on any atom is 0.250 e. The molecule has 4 rings (SSSR count). The van der Waals surface area contributed by atoms with Crippen molar-refractivity contribution >= 4 is 61.9 Å². The van der Waals surface area contributed by atoms with E-state index in [0.29, 0.717) is 38.9 Å². The van der Waals surface area contributed by atoms with Crippen LogP contribution in [0.25, 0.3) is 27.6 Å². The number of halogens is 2. The molecule has 30 heavy (non-hydrogen) atoms. The van der Waals surface area contributed by atoms with Gasteiger partial charge in [0.1, 0.15) is 17.3 Å². The molecule has 1 N–H and O–H groups in total. The quantitative estimate of drug-likeness (QED) is 0.318. The second-order valence-electron chi connectivity index (χ2n) is 6.21. The van der Waals surface area contributed by atoms with Crippen LogP contribution in [0.1, 0.15) is 12.7 Å². The summed E-state index contributed by atoms with van der Waals surface area (Å²) in [7, 11) is 0. The fraction of sp³-hybridized carbons (Fsp3) is 0.0909. The van der Waals surface area contributed by atoms with E-state index in [9.17, 15) is 4.79 Å². The average Bonchev–Trinajstić information content (AvgIpc) is 3.35. The number of carbonyl (C=O) groups excluding carboxylic acids is 1. The zero-order valence-electron chi connectivity index (χ0n) is 15.8. The molecule has 1 amide bonds. The normalized spacial score (nSPS) is 11.3. The summed E-state index contributed by atoms with van der Waals surface area (Å²) >= 11 is 13.7. The van der Waals surface area contributed by atoms with Crippen LogP contribution in [0.2, 0.25) is 10.0 Å². The number of carbonyl (C=O) groups is 1. The van der Waals surface area contributed by atoms with Crippen LogP contribution >= 0.6 is 34.5 Å². The minimum atomic E-state index is -0.308. The molecule has 4 aromatic rings. The van der Waals surface area contributed by atoms with Crippen molar-refractivity contribution in [2.75, 3.05) is 11.9 Å². The van der Waals surface area contributed by atoms with Crippen LogP contribution in [-0.2, 0) is 4.79 Å². The lowest BCUT2D eigenvalue weighted by Crippen LogP contribution is -2.07. The largest absolute Gasteiger partial charge is 0.494 e. The predicted molar refractivity (Wildman–Crippen MR) is 123 cm³/mol. The van der Waals surface area contributed by atoms with E-state index >= 15 is 0 Å². The van der Waals surface area contributed by atoms with E-state index in [0.717, 1.165) is 16.0 Å². The highest BCUT2D eigenvalue weighted by molar-refractivity contribution is 7.22. The molecule has 152 valence electrons. The molecule has 0 saturated carbocycles. The van der Waals surface area contributed by atoms with Crippen LogP contribution in [0.15, 0.2) is 59.0 Å². The lowest BCUT2D eigenvalue weighted by atomic mass is 10.2. The molecule has 2 heterocycles. The smallest absolute Gasteiger partial charge is 0.250 e. The van der Waals surface area contributed by atoms with Gasteiger partial charge in [-0.25, -0.2) is 4.98 Å². The number of benzene rings is 2. The topological polar surface area (TPSA) is 64.4 Å². The highest BCUT2D eigenvalue weighted by atomic mass is 35.5.